The molecule has 0 aliphatic heterocycles. The lowest BCUT2D eigenvalue weighted by atomic mass is 10.0. The molecule has 3 nitrogen and oxygen atoms in total. The van der Waals surface area contributed by atoms with E-state index in [1.165, 1.54) is 5.56 Å². The molecule has 0 fully saturated rings. The molecule has 0 radical (unpaired) electrons. The Morgan fingerprint density at radius 2 is 1.59 bits per heavy atom. The zero-order valence-corrected chi connectivity index (χ0v) is 12.6. The lowest BCUT2D eigenvalue weighted by molar-refractivity contribution is 0.0697. The van der Waals surface area contributed by atoms with Gasteiger partial charge in [-0.2, -0.15) is 0 Å². The minimum absolute atomic E-state index is 0.353. The van der Waals surface area contributed by atoms with Crippen LogP contribution in [-0.2, 0) is 0 Å². The molecule has 0 spiro atoms. The van der Waals surface area contributed by atoms with Crippen LogP contribution in [0.2, 0.25) is 0 Å². The number of rotatable bonds is 3. The van der Waals surface area contributed by atoms with Crippen molar-refractivity contribution in [3.63, 3.8) is 0 Å². The third-order valence-corrected chi connectivity index (χ3v) is 3.86. The molecule has 0 aliphatic rings. The number of carboxylic acids is 1. The van der Waals surface area contributed by atoms with Crippen molar-refractivity contribution in [1.82, 2.24) is 4.57 Å². The molecule has 0 amide bonds. The fourth-order valence-electron chi connectivity index (χ4n) is 2.69. The number of benzene rings is 2. The van der Waals surface area contributed by atoms with Gasteiger partial charge in [0, 0.05) is 23.1 Å². The minimum Gasteiger partial charge on any atom is -0.478 e. The third kappa shape index (κ3) is 2.42. The number of carboxylic acid groups (broad SMARTS) is 1. The number of hydrogen-bond donors (Lipinski definition) is 1. The molecule has 0 atom stereocenters. The van der Waals surface area contributed by atoms with E-state index in [0.29, 0.717) is 5.56 Å². The maximum Gasteiger partial charge on any atom is 0.338 e. The Morgan fingerprint density at radius 1 is 0.955 bits per heavy atom. The maximum absolute atomic E-state index is 11.7. The Morgan fingerprint density at radius 3 is 2.18 bits per heavy atom. The molecule has 3 aromatic rings. The Kier molecular flexibility index (Phi) is 3.55. The van der Waals surface area contributed by atoms with Crippen molar-refractivity contribution in [2.24, 2.45) is 0 Å². The average molecular weight is 291 g/mol. The van der Waals surface area contributed by atoms with Gasteiger partial charge in [0.05, 0.1) is 5.56 Å². The SMILES string of the molecule is Cc1ccc(-n2cc(-c3ccccc3)c(C(=O)O)c2C)cc1. The summed E-state index contributed by atoms with van der Waals surface area (Å²) in [5.41, 5.74) is 4.88. The van der Waals surface area contributed by atoms with E-state index >= 15 is 0 Å². The third-order valence-electron chi connectivity index (χ3n) is 3.86. The molecule has 0 unspecified atom stereocenters. The monoisotopic (exact) mass is 291 g/mol. The van der Waals surface area contributed by atoms with Gasteiger partial charge in [0.25, 0.3) is 0 Å². The van der Waals surface area contributed by atoms with Crippen LogP contribution in [0, 0.1) is 13.8 Å². The van der Waals surface area contributed by atoms with Gasteiger partial charge >= 0.3 is 5.97 Å². The van der Waals surface area contributed by atoms with Gasteiger partial charge in [-0.3, -0.25) is 0 Å². The van der Waals surface area contributed by atoms with Crippen LogP contribution in [-0.4, -0.2) is 15.6 Å². The highest BCUT2D eigenvalue weighted by molar-refractivity contribution is 5.97. The minimum atomic E-state index is -0.901. The zero-order valence-electron chi connectivity index (χ0n) is 12.6. The van der Waals surface area contributed by atoms with Crippen LogP contribution in [0.1, 0.15) is 21.6 Å². The summed E-state index contributed by atoms with van der Waals surface area (Å²) in [7, 11) is 0. The molecule has 2 aromatic carbocycles. The van der Waals surface area contributed by atoms with E-state index < -0.39 is 5.97 Å². The number of aromatic carboxylic acids is 1. The van der Waals surface area contributed by atoms with Crippen LogP contribution < -0.4 is 0 Å². The summed E-state index contributed by atoms with van der Waals surface area (Å²) in [6, 6.07) is 17.7. The van der Waals surface area contributed by atoms with Crippen molar-refractivity contribution in [2.75, 3.05) is 0 Å². The number of aromatic nitrogens is 1. The van der Waals surface area contributed by atoms with Gasteiger partial charge in [-0.15, -0.1) is 0 Å². The fourth-order valence-corrected chi connectivity index (χ4v) is 2.69. The molecular formula is C19H17NO2. The van der Waals surface area contributed by atoms with Gasteiger partial charge in [-0.1, -0.05) is 48.0 Å². The number of nitrogens with zero attached hydrogens (tertiary/aromatic N) is 1. The maximum atomic E-state index is 11.7. The van der Waals surface area contributed by atoms with Crippen LogP contribution >= 0.6 is 0 Å². The molecule has 0 saturated carbocycles. The van der Waals surface area contributed by atoms with E-state index in [-0.39, 0.29) is 0 Å². The van der Waals surface area contributed by atoms with E-state index in [2.05, 4.69) is 0 Å². The summed E-state index contributed by atoms with van der Waals surface area (Å²) in [5.74, 6) is -0.901. The largest absolute Gasteiger partial charge is 0.478 e. The summed E-state index contributed by atoms with van der Waals surface area (Å²) in [4.78, 5) is 11.7. The summed E-state index contributed by atoms with van der Waals surface area (Å²) in [6.45, 7) is 3.88. The van der Waals surface area contributed by atoms with Gasteiger partial charge in [-0.05, 0) is 31.5 Å². The molecule has 1 N–H and O–H groups in total. The van der Waals surface area contributed by atoms with Gasteiger partial charge in [-0.25, -0.2) is 4.79 Å². The van der Waals surface area contributed by atoms with E-state index in [1.807, 2.05) is 79.2 Å². The van der Waals surface area contributed by atoms with E-state index in [9.17, 15) is 9.90 Å². The molecule has 1 heterocycles. The highest BCUT2D eigenvalue weighted by Crippen LogP contribution is 2.30. The first kappa shape index (κ1) is 14.1. The summed E-state index contributed by atoms with van der Waals surface area (Å²) >= 11 is 0. The Bertz CT molecular complexity index is 815. The summed E-state index contributed by atoms with van der Waals surface area (Å²) in [6.07, 6.45) is 1.90. The Hall–Kier alpha value is -2.81. The van der Waals surface area contributed by atoms with Crippen LogP contribution in [0.25, 0.3) is 16.8 Å². The highest BCUT2D eigenvalue weighted by atomic mass is 16.4. The van der Waals surface area contributed by atoms with Crippen LogP contribution in [0.4, 0.5) is 0 Å². The molecule has 3 rings (SSSR count). The molecule has 0 aliphatic carbocycles. The topological polar surface area (TPSA) is 42.2 Å². The molecule has 0 bridgehead atoms. The second kappa shape index (κ2) is 5.53. The fraction of sp³-hybridized carbons (Fsp3) is 0.105. The van der Waals surface area contributed by atoms with Crippen LogP contribution in [0.5, 0.6) is 0 Å². The molecule has 22 heavy (non-hydrogen) atoms. The first-order chi connectivity index (χ1) is 10.6. The number of hydrogen-bond acceptors (Lipinski definition) is 1. The Balaban J connectivity index is 2.22. The van der Waals surface area contributed by atoms with Crippen LogP contribution in [0.3, 0.4) is 0 Å². The average Bonchev–Trinajstić information content (AvgIpc) is 2.87. The lowest BCUT2D eigenvalue weighted by Gasteiger charge is -2.06. The van der Waals surface area contributed by atoms with Crippen molar-refractivity contribution in [2.45, 2.75) is 13.8 Å². The predicted molar refractivity (Wildman–Crippen MR) is 87.6 cm³/mol. The second-order valence-electron chi connectivity index (χ2n) is 5.38. The molecule has 1 aromatic heterocycles. The van der Waals surface area contributed by atoms with Crippen molar-refractivity contribution in [3.05, 3.63) is 77.6 Å². The highest BCUT2D eigenvalue weighted by Gasteiger charge is 2.20. The van der Waals surface area contributed by atoms with Gasteiger partial charge in [0.2, 0.25) is 0 Å². The Labute approximate surface area is 129 Å². The number of carbonyl (C=O) groups is 1. The van der Waals surface area contributed by atoms with Crippen molar-refractivity contribution >= 4 is 5.97 Å². The van der Waals surface area contributed by atoms with Gasteiger partial charge < -0.3 is 9.67 Å². The van der Waals surface area contributed by atoms with E-state index in [0.717, 1.165) is 22.5 Å². The molecule has 110 valence electrons. The zero-order chi connectivity index (χ0) is 15.7. The van der Waals surface area contributed by atoms with Crippen molar-refractivity contribution in [1.29, 1.82) is 0 Å². The van der Waals surface area contributed by atoms with Gasteiger partial charge in [0.15, 0.2) is 0 Å². The molecule has 0 saturated heterocycles. The second-order valence-corrected chi connectivity index (χ2v) is 5.38. The standard InChI is InChI=1S/C19H17NO2/c1-13-8-10-16(11-9-13)20-12-17(15-6-4-3-5-7-15)18(14(20)2)19(21)22/h3-12H,1-2H3,(H,21,22). The quantitative estimate of drug-likeness (QED) is 0.774. The molecule has 3 heteroatoms. The summed E-state index contributed by atoms with van der Waals surface area (Å²) < 4.78 is 1.94. The first-order valence-electron chi connectivity index (χ1n) is 7.15. The smallest absolute Gasteiger partial charge is 0.338 e. The predicted octanol–water partition coefficient (Wildman–Crippen LogP) is 4.46. The van der Waals surface area contributed by atoms with Crippen LogP contribution in [0.15, 0.2) is 60.8 Å². The summed E-state index contributed by atoms with van der Waals surface area (Å²) in [5, 5.41) is 9.60. The number of aryl methyl sites for hydroxylation is 1. The normalized spacial score (nSPS) is 10.6. The first-order valence-corrected chi connectivity index (χ1v) is 7.15. The van der Waals surface area contributed by atoms with E-state index in [4.69, 9.17) is 0 Å². The molecular weight excluding hydrogens is 274 g/mol. The van der Waals surface area contributed by atoms with E-state index in [1.54, 1.807) is 0 Å². The van der Waals surface area contributed by atoms with Crippen molar-refractivity contribution < 1.29 is 9.90 Å². The lowest BCUT2D eigenvalue weighted by Crippen LogP contribution is -2.02. The van der Waals surface area contributed by atoms with Gasteiger partial charge in [0.1, 0.15) is 0 Å². The van der Waals surface area contributed by atoms with Crippen molar-refractivity contribution in [3.8, 4) is 16.8 Å².